The molecule has 0 amide bonds. The van der Waals surface area contributed by atoms with E-state index in [1.54, 1.807) is 11.3 Å². The standard InChI is InChI=1S/C14H17BrN2OS/c1-17(9-11-7-14(15)19-10-11)5-6-18-13-4-2-3-12(16)8-13/h2-4,7-8,10H,5-6,9,16H2,1H3. The Hall–Kier alpha value is -1.04. The molecule has 3 nitrogen and oxygen atoms in total. The Morgan fingerprint density at radius 3 is 2.89 bits per heavy atom. The van der Waals surface area contributed by atoms with Gasteiger partial charge < -0.3 is 10.5 Å². The fraction of sp³-hybridized carbons (Fsp3) is 0.286. The molecule has 1 aromatic carbocycles. The fourth-order valence-corrected chi connectivity index (χ4v) is 2.94. The molecule has 0 saturated carbocycles. The highest BCUT2D eigenvalue weighted by atomic mass is 79.9. The van der Waals surface area contributed by atoms with Crippen molar-refractivity contribution in [3.63, 3.8) is 0 Å². The number of likely N-dealkylation sites (N-methyl/N-ethyl adjacent to an activating group) is 1. The highest BCUT2D eigenvalue weighted by Gasteiger charge is 2.03. The third kappa shape index (κ3) is 4.86. The van der Waals surface area contributed by atoms with Crippen LogP contribution in [-0.4, -0.2) is 25.1 Å². The summed E-state index contributed by atoms with van der Waals surface area (Å²) in [6.07, 6.45) is 0. The van der Waals surface area contributed by atoms with Crippen LogP contribution in [0.25, 0.3) is 0 Å². The van der Waals surface area contributed by atoms with Crippen LogP contribution in [0.5, 0.6) is 5.75 Å². The predicted molar refractivity (Wildman–Crippen MR) is 84.7 cm³/mol. The SMILES string of the molecule is CN(CCOc1cccc(N)c1)Cc1csc(Br)c1. The van der Waals surface area contributed by atoms with E-state index < -0.39 is 0 Å². The Morgan fingerprint density at radius 2 is 2.21 bits per heavy atom. The largest absolute Gasteiger partial charge is 0.492 e. The Bertz CT molecular complexity index is 530. The molecule has 0 aliphatic heterocycles. The van der Waals surface area contributed by atoms with Gasteiger partial charge in [-0.3, -0.25) is 4.90 Å². The Morgan fingerprint density at radius 1 is 1.37 bits per heavy atom. The molecule has 0 bridgehead atoms. The van der Waals surface area contributed by atoms with Gasteiger partial charge in [0.05, 0.1) is 3.79 Å². The van der Waals surface area contributed by atoms with Gasteiger partial charge in [-0.25, -0.2) is 0 Å². The van der Waals surface area contributed by atoms with Crippen molar-refractivity contribution >= 4 is 33.0 Å². The average Bonchev–Trinajstić information content (AvgIpc) is 2.75. The van der Waals surface area contributed by atoms with Crippen LogP contribution < -0.4 is 10.5 Å². The zero-order chi connectivity index (χ0) is 13.7. The van der Waals surface area contributed by atoms with Crippen LogP contribution in [0.2, 0.25) is 0 Å². The molecule has 1 aromatic heterocycles. The van der Waals surface area contributed by atoms with Crippen molar-refractivity contribution in [1.29, 1.82) is 0 Å². The molecule has 0 atom stereocenters. The van der Waals surface area contributed by atoms with Gasteiger partial charge in [0.25, 0.3) is 0 Å². The van der Waals surface area contributed by atoms with E-state index in [2.05, 4.69) is 39.3 Å². The van der Waals surface area contributed by atoms with Crippen LogP contribution in [0, 0.1) is 0 Å². The minimum atomic E-state index is 0.658. The van der Waals surface area contributed by atoms with Gasteiger partial charge in [-0.15, -0.1) is 11.3 Å². The summed E-state index contributed by atoms with van der Waals surface area (Å²) in [5.41, 5.74) is 7.75. The van der Waals surface area contributed by atoms with Gasteiger partial charge >= 0.3 is 0 Å². The van der Waals surface area contributed by atoms with Crippen molar-refractivity contribution < 1.29 is 4.74 Å². The van der Waals surface area contributed by atoms with E-state index in [0.29, 0.717) is 6.61 Å². The number of ether oxygens (including phenoxy) is 1. The van der Waals surface area contributed by atoms with Crippen molar-refractivity contribution in [2.24, 2.45) is 0 Å². The fourth-order valence-electron chi connectivity index (χ4n) is 1.74. The lowest BCUT2D eigenvalue weighted by molar-refractivity contribution is 0.233. The molecule has 19 heavy (non-hydrogen) atoms. The number of anilines is 1. The summed E-state index contributed by atoms with van der Waals surface area (Å²) in [5.74, 6) is 0.826. The lowest BCUT2D eigenvalue weighted by Gasteiger charge is -2.16. The molecule has 0 aliphatic carbocycles. The predicted octanol–water partition coefficient (Wildman–Crippen LogP) is 3.60. The maximum Gasteiger partial charge on any atom is 0.121 e. The zero-order valence-electron chi connectivity index (χ0n) is 10.8. The Balaban J connectivity index is 1.73. The topological polar surface area (TPSA) is 38.5 Å². The molecule has 0 spiro atoms. The number of nitrogens with zero attached hydrogens (tertiary/aromatic N) is 1. The first-order valence-electron chi connectivity index (χ1n) is 6.03. The number of benzene rings is 1. The van der Waals surface area contributed by atoms with Crippen LogP contribution in [0.4, 0.5) is 5.69 Å². The van der Waals surface area contributed by atoms with E-state index >= 15 is 0 Å². The van der Waals surface area contributed by atoms with Crippen LogP contribution >= 0.6 is 27.3 Å². The Labute approximate surface area is 126 Å². The minimum Gasteiger partial charge on any atom is -0.492 e. The maximum absolute atomic E-state index is 5.70. The quantitative estimate of drug-likeness (QED) is 0.816. The van der Waals surface area contributed by atoms with Crippen molar-refractivity contribution in [3.8, 4) is 5.75 Å². The normalized spacial score (nSPS) is 10.9. The van der Waals surface area contributed by atoms with Crippen LogP contribution in [-0.2, 0) is 6.54 Å². The Kier molecular flexibility index (Phi) is 5.24. The number of halogens is 1. The zero-order valence-corrected chi connectivity index (χ0v) is 13.2. The smallest absolute Gasteiger partial charge is 0.121 e. The molecule has 1 heterocycles. The van der Waals surface area contributed by atoms with E-state index in [-0.39, 0.29) is 0 Å². The molecule has 2 N–H and O–H groups in total. The van der Waals surface area contributed by atoms with E-state index in [1.807, 2.05) is 24.3 Å². The minimum absolute atomic E-state index is 0.658. The van der Waals surface area contributed by atoms with Crippen molar-refractivity contribution in [2.45, 2.75) is 6.54 Å². The molecular formula is C14H17BrN2OS. The van der Waals surface area contributed by atoms with Crippen LogP contribution in [0.3, 0.4) is 0 Å². The van der Waals surface area contributed by atoms with Gasteiger partial charge in [-0.2, -0.15) is 0 Å². The van der Waals surface area contributed by atoms with Gasteiger partial charge in [0.15, 0.2) is 0 Å². The monoisotopic (exact) mass is 340 g/mol. The number of nitrogens with two attached hydrogens (primary N) is 1. The van der Waals surface area contributed by atoms with Gasteiger partial charge in [-0.05, 0) is 52.1 Å². The average molecular weight is 341 g/mol. The molecule has 2 rings (SSSR count). The van der Waals surface area contributed by atoms with Gasteiger partial charge in [-0.1, -0.05) is 6.07 Å². The summed E-state index contributed by atoms with van der Waals surface area (Å²) >= 11 is 5.19. The second-order valence-corrected chi connectivity index (χ2v) is 6.71. The molecular weight excluding hydrogens is 324 g/mol. The lowest BCUT2D eigenvalue weighted by Crippen LogP contribution is -2.23. The third-order valence-corrected chi connectivity index (χ3v) is 4.23. The van der Waals surface area contributed by atoms with Crippen LogP contribution in [0.15, 0.2) is 39.5 Å². The molecule has 102 valence electrons. The summed E-state index contributed by atoms with van der Waals surface area (Å²) in [6.45, 7) is 2.47. The van der Waals surface area contributed by atoms with Crippen molar-refractivity contribution in [2.75, 3.05) is 25.9 Å². The highest BCUT2D eigenvalue weighted by molar-refractivity contribution is 9.11. The molecule has 0 radical (unpaired) electrons. The summed E-state index contributed by atoms with van der Waals surface area (Å²) in [5, 5.41) is 2.17. The molecule has 5 heteroatoms. The van der Waals surface area contributed by atoms with Gasteiger partial charge in [0.1, 0.15) is 12.4 Å². The molecule has 2 aromatic rings. The first-order chi connectivity index (χ1) is 9.13. The lowest BCUT2D eigenvalue weighted by atomic mass is 10.3. The van der Waals surface area contributed by atoms with Gasteiger partial charge in [0, 0.05) is 24.8 Å². The summed E-state index contributed by atoms with van der Waals surface area (Å²) in [7, 11) is 2.09. The molecule has 0 saturated heterocycles. The van der Waals surface area contributed by atoms with Gasteiger partial charge in [0.2, 0.25) is 0 Å². The maximum atomic E-state index is 5.70. The second kappa shape index (κ2) is 6.93. The molecule has 0 unspecified atom stereocenters. The highest BCUT2D eigenvalue weighted by Crippen LogP contribution is 2.21. The number of hydrogen-bond acceptors (Lipinski definition) is 4. The number of thiophene rings is 1. The molecule has 0 fully saturated rings. The summed E-state index contributed by atoms with van der Waals surface area (Å²) in [4.78, 5) is 2.24. The summed E-state index contributed by atoms with van der Waals surface area (Å²) < 4.78 is 6.85. The first kappa shape index (κ1) is 14.4. The molecule has 0 aliphatic rings. The van der Waals surface area contributed by atoms with Crippen LogP contribution in [0.1, 0.15) is 5.56 Å². The van der Waals surface area contributed by atoms with Crippen molar-refractivity contribution in [1.82, 2.24) is 4.90 Å². The van der Waals surface area contributed by atoms with Crippen molar-refractivity contribution in [3.05, 3.63) is 45.1 Å². The number of nitrogen functional groups attached to an aromatic ring is 1. The third-order valence-electron chi connectivity index (χ3n) is 2.67. The van der Waals surface area contributed by atoms with E-state index in [0.717, 1.165) is 24.5 Å². The summed E-state index contributed by atoms with van der Waals surface area (Å²) in [6, 6.07) is 9.67. The van der Waals surface area contributed by atoms with E-state index in [4.69, 9.17) is 10.5 Å². The van der Waals surface area contributed by atoms with E-state index in [9.17, 15) is 0 Å². The van der Waals surface area contributed by atoms with E-state index in [1.165, 1.54) is 9.35 Å². The first-order valence-corrected chi connectivity index (χ1v) is 7.70. The number of rotatable bonds is 6. The second-order valence-electron chi connectivity index (χ2n) is 4.42. The number of hydrogen-bond donors (Lipinski definition) is 1.